The van der Waals surface area contributed by atoms with Gasteiger partial charge in [-0.05, 0) is 18.3 Å². The molecule has 4 heteroatoms. The number of likely N-dealkylation sites (N-methyl/N-ethyl adjacent to an activating group) is 1. The highest BCUT2D eigenvalue weighted by molar-refractivity contribution is 5.78. The van der Waals surface area contributed by atoms with Crippen LogP contribution in [0.5, 0.6) is 0 Å². The molecule has 0 saturated heterocycles. The second kappa shape index (κ2) is 9.96. The summed E-state index contributed by atoms with van der Waals surface area (Å²) in [6.07, 6.45) is 1.89. The lowest BCUT2D eigenvalue weighted by Crippen LogP contribution is -2.33. The van der Waals surface area contributed by atoms with Crippen molar-refractivity contribution in [3.8, 4) is 0 Å². The van der Waals surface area contributed by atoms with E-state index in [2.05, 4.69) is 13.8 Å². The molecule has 4 nitrogen and oxygen atoms in total. The van der Waals surface area contributed by atoms with Gasteiger partial charge in [-0.25, -0.2) is 0 Å². The highest BCUT2D eigenvalue weighted by Crippen LogP contribution is 2.04. The zero-order valence-corrected chi connectivity index (χ0v) is 13.1. The van der Waals surface area contributed by atoms with Gasteiger partial charge in [-0.15, -0.1) is 0 Å². The maximum absolute atomic E-state index is 11.7. The summed E-state index contributed by atoms with van der Waals surface area (Å²) in [4.78, 5) is 24.8. The number of hydrogen-bond acceptors (Lipinski definition) is 3. The second-order valence-corrected chi connectivity index (χ2v) is 5.96. The maximum atomic E-state index is 11.7. The molecule has 0 fully saturated rings. The third-order valence-electron chi connectivity index (χ3n) is 2.67. The first-order valence-corrected chi connectivity index (χ1v) is 7.16. The summed E-state index contributed by atoms with van der Waals surface area (Å²) in [6, 6.07) is 0. The van der Waals surface area contributed by atoms with Gasteiger partial charge in [-0.1, -0.05) is 27.7 Å². The normalized spacial score (nSPS) is 11.1. The first kappa shape index (κ1) is 18.1. The van der Waals surface area contributed by atoms with Gasteiger partial charge in [-0.2, -0.15) is 0 Å². The van der Waals surface area contributed by atoms with E-state index >= 15 is 0 Å². The maximum Gasteiger partial charge on any atom is 0.248 e. The molecule has 0 atom stereocenters. The Kier molecular flexibility index (Phi) is 9.48. The lowest BCUT2D eigenvalue weighted by atomic mass is 10.0. The number of nitrogens with zero attached hydrogens (tertiary/aromatic N) is 1. The van der Waals surface area contributed by atoms with Crippen LogP contribution in [0.4, 0.5) is 0 Å². The van der Waals surface area contributed by atoms with Crippen LogP contribution >= 0.6 is 0 Å². The molecule has 0 aliphatic heterocycles. The van der Waals surface area contributed by atoms with E-state index in [0.717, 1.165) is 6.54 Å². The standard InChI is InChI=1S/C15H29NO3/c1-12(2)9-14(17)7-6-8-19-11-15(18)16(5)10-13(3)4/h12-13H,6-11H2,1-5H3. The molecule has 0 aliphatic carbocycles. The molecular formula is C15H29NO3. The topological polar surface area (TPSA) is 46.6 Å². The Labute approximate surface area is 117 Å². The molecule has 0 spiro atoms. The van der Waals surface area contributed by atoms with Gasteiger partial charge >= 0.3 is 0 Å². The van der Waals surface area contributed by atoms with Crippen LogP contribution in [-0.4, -0.2) is 43.4 Å². The molecule has 0 aromatic heterocycles. The number of hydrogen-bond donors (Lipinski definition) is 0. The highest BCUT2D eigenvalue weighted by atomic mass is 16.5. The molecule has 0 rings (SSSR count). The molecule has 0 aromatic rings. The number of ketones is 1. The summed E-state index contributed by atoms with van der Waals surface area (Å²) < 4.78 is 5.31. The lowest BCUT2D eigenvalue weighted by Gasteiger charge is -2.19. The van der Waals surface area contributed by atoms with Crippen LogP contribution in [0, 0.1) is 11.8 Å². The molecule has 0 saturated carbocycles. The largest absolute Gasteiger partial charge is 0.372 e. The Morgan fingerprint density at radius 2 is 1.74 bits per heavy atom. The lowest BCUT2D eigenvalue weighted by molar-refractivity contribution is -0.135. The van der Waals surface area contributed by atoms with Crippen LogP contribution in [0.1, 0.15) is 47.0 Å². The van der Waals surface area contributed by atoms with E-state index in [9.17, 15) is 9.59 Å². The zero-order chi connectivity index (χ0) is 14.8. The van der Waals surface area contributed by atoms with Gasteiger partial charge in [0.05, 0.1) is 0 Å². The summed E-state index contributed by atoms with van der Waals surface area (Å²) in [5.41, 5.74) is 0. The molecule has 0 N–H and O–H groups in total. The summed E-state index contributed by atoms with van der Waals surface area (Å²) in [7, 11) is 1.79. The number of rotatable bonds is 10. The Morgan fingerprint density at radius 3 is 2.26 bits per heavy atom. The van der Waals surface area contributed by atoms with Gasteiger partial charge in [0, 0.05) is 33.0 Å². The molecule has 0 radical (unpaired) electrons. The monoisotopic (exact) mass is 271 g/mol. The first-order chi connectivity index (χ1) is 8.82. The first-order valence-electron chi connectivity index (χ1n) is 7.16. The van der Waals surface area contributed by atoms with E-state index in [1.807, 2.05) is 13.8 Å². The van der Waals surface area contributed by atoms with Crippen molar-refractivity contribution in [3.63, 3.8) is 0 Å². The van der Waals surface area contributed by atoms with Gasteiger partial charge in [0.25, 0.3) is 0 Å². The zero-order valence-electron chi connectivity index (χ0n) is 13.1. The van der Waals surface area contributed by atoms with Crippen LogP contribution in [-0.2, 0) is 14.3 Å². The van der Waals surface area contributed by atoms with Crippen molar-refractivity contribution in [1.29, 1.82) is 0 Å². The predicted molar refractivity (Wildman–Crippen MR) is 77.0 cm³/mol. The molecule has 0 bridgehead atoms. The minimum atomic E-state index is 0.00204. The third-order valence-corrected chi connectivity index (χ3v) is 2.67. The van der Waals surface area contributed by atoms with Crippen LogP contribution < -0.4 is 0 Å². The van der Waals surface area contributed by atoms with Crippen LogP contribution in [0.15, 0.2) is 0 Å². The average molecular weight is 271 g/mol. The fourth-order valence-electron chi connectivity index (χ4n) is 1.85. The SMILES string of the molecule is CC(C)CC(=O)CCCOCC(=O)N(C)CC(C)C. The molecule has 0 aliphatic rings. The summed E-state index contributed by atoms with van der Waals surface area (Å²) in [5.74, 6) is 1.16. The average Bonchev–Trinajstić information content (AvgIpc) is 2.26. The summed E-state index contributed by atoms with van der Waals surface area (Å²) >= 11 is 0. The Balaban J connectivity index is 3.58. The van der Waals surface area contributed by atoms with Gasteiger partial charge < -0.3 is 9.64 Å². The number of ether oxygens (including phenoxy) is 1. The smallest absolute Gasteiger partial charge is 0.248 e. The van der Waals surface area contributed by atoms with Crippen molar-refractivity contribution in [1.82, 2.24) is 4.90 Å². The van der Waals surface area contributed by atoms with E-state index in [4.69, 9.17) is 4.74 Å². The van der Waals surface area contributed by atoms with Crippen molar-refractivity contribution >= 4 is 11.7 Å². The van der Waals surface area contributed by atoms with Crippen molar-refractivity contribution in [3.05, 3.63) is 0 Å². The van der Waals surface area contributed by atoms with Gasteiger partial charge in [0.1, 0.15) is 12.4 Å². The Bertz CT molecular complexity index is 275. The molecule has 0 aromatic carbocycles. The van der Waals surface area contributed by atoms with Crippen LogP contribution in [0.3, 0.4) is 0 Å². The summed E-state index contributed by atoms with van der Waals surface area (Å²) in [5, 5.41) is 0. The fraction of sp³-hybridized carbons (Fsp3) is 0.867. The minimum Gasteiger partial charge on any atom is -0.372 e. The second-order valence-electron chi connectivity index (χ2n) is 5.96. The Morgan fingerprint density at radius 1 is 1.11 bits per heavy atom. The molecular weight excluding hydrogens is 242 g/mol. The van der Waals surface area contributed by atoms with Crippen molar-refractivity contribution in [2.75, 3.05) is 26.8 Å². The van der Waals surface area contributed by atoms with Crippen molar-refractivity contribution < 1.29 is 14.3 Å². The van der Waals surface area contributed by atoms with E-state index in [-0.39, 0.29) is 18.3 Å². The quantitative estimate of drug-likeness (QED) is 0.574. The van der Waals surface area contributed by atoms with Gasteiger partial charge in [-0.3, -0.25) is 9.59 Å². The summed E-state index contributed by atoms with van der Waals surface area (Å²) in [6.45, 7) is 9.56. The number of carbonyl (C=O) groups excluding carboxylic acids is 2. The van der Waals surface area contributed by atoms with Gasteiger partial charge in [0.15, 0.2) is 0 Å². The van der Waals surface area contributed by atoms with Crippen LogP contribution in [0.2, 0.25) is 0 Å². The molecule has 112 valence electrons. The van der Waals surface area contributed by atoms with Gasteiger partial charge in [0.2, 0.25) is 5.91 Å². The molecule has 0 heterocycles. The van der Waals surface area contributed by atoms with E-state index in [1.165, 1.54) is 0 Å². The number of Topliss-reactive ketones (excluding diaryl/α,β-unsaturated/α-hetero) is 1. The number of amides is 1. The number of carbonyl (C=O) groups is 2. The molecule has 0 unspecified atom stereocenters. The Hall–Kier alpha value is -0.900. The van der Waals surface area contributed by atoms with Crippen molar-refractivity contribution in [2.24, 2.45) is 11.8 Å². The third kappa shape index (κ3) is 10.7. The minimum absolute atomic E-state index is 0.00204. The van der Waals surface area contributed by atoms with Crippen LogP contribution in [0.25, 0.3) is 0 Å². The van der Waals surface area contributed by atoms with E-state index in [1.54, 1.807) is 11.9 Å². The fourth-order valence-corrected chi connectivity index (χ4v) is 1.85. The molecule has 19 heavy (non-hydrogen) atoms. The van der Waals surface area contributed by atoms with E-state index in [0.29, 0.717) is 37.7 Å². The van der Waals surface area contributed by atoms with E-state index < -0.39 is 0 Å². The molecule has 1 amide bonds. The van der Waals surface area contributed by atoms with Crippen molar-refractivity contribution in [2.45, 2.75) is 47.0 Å². The predicted octanol–water partition coefficient (Wildman–Crippen LogP) is 2.51. The highest BCUT2D eigenvalue weighted by Gasteiger charge is 2.10.